The summed E-state index contributed by atoms with van der Waals surface area (Å²) in [5.41, 5.74) is 1.16. The Kier molecular flexibility index (Phi) is 6.29. The van der Waals surface area contributed by atoms with Crippen molar-refractivity contribution in [1.29, 1.82) is 0 Å². The summed E-state index contributed by atoms with van der Waals surface area (Å²) in [5.74, 6) is 2.68. The van der Waals surface area contributed by atoms with Gasteiger partial charge in [-0.25, -0.2) is 4.98 Å². The highest BCUT2D eigenvalue weighted by Crippen LogP contribution is 2.45. The van der Waals surface area contributed by atoms with Crippen molar-refractivity contribution in [3.8, 4) is 11.6 Å². The lowest BCUT2D eigenvalue weighted by atomic mass is 9.93. The van der Waals surface area contributed by atoms with Gasteiger partial charge in [0.05, 0.1) is 18.2 Å². The molecule has 2 heterocycles. The maximum Gasteiger partial charge on any atom is 0.258 e. The minimum Gasteiger partial charge on any atom is -0.495 e. The van der Waals surface area contributed by atoms with Gasteiger partial charge in [0.2, 0.25) is 11.8 Å². The first-order valence-electron chi connectivity index (χ1n) is 11.6. The van der Waals surface area contributed by atoms with Crippen LogP contribution in [0.5, 0.6) is 11.6 Å². The number of benzene rings is 1. The average molecular weight is 473 g/mol. The van der Waals surface area contributed by atoms with Crippen molar-refractivity contribution in [2.75, 3.05) is 25.1 Å². The molecule has 8 nitrogen and oxygen atoms in total. The van der Waals surface area contributed by atoms with E-state index in [2.05, 4.69) is 20.2 Å². The molecule has 1 saturated heterocycles. The molecule has 2 aromatic rings. The summed E-state index contributed by atoms with van der Waals surface area (Å²) >= 11 is 6.25. The smallest absolute Gasteiger partial charge is 0.258 e. The summed E-state index contributed by atoms with van der Waals surface area (Å²) in [4.78, 5) is 24.4. The molecule has 1 aromatic heterocycles. The van der Waals surface area contributed by atoms with Gasteiger partial charge in [-0.05, 0) is 61.6 Å². The van der Waals surface area contributed by atoms with Crippen LogP contribution in [0.2, 0.25) is 5.02 Å². The third-order valence-corrected chi connectivity index (χ3v) is 7.17. The van der Waals surface area contributed by atoms with Gasteiger partial charge in [0.1, 0.15) is 17.9 Å². The number of ether oxygens (including phenoxy) is 2. The van der Waals surface area contributed by atoms with E-state index in [0.717, 1.165) is 43.3 Å². The van der Waals surface area contributed by atoms with E-state index < -0.39 is 0 Å². The van der Waals surface area contributed by atoms with Crippen LogP contribution in [0.3, 0.4) is 0 Å². The molecule has 0 radical (unpaired) electrons. The molecule has 0 bridgehead atoms. The maximum atomic E-state index is 13.1. The van der Waals surface area contributed by atoms with Gasteiger partial charge in [-0.2, -0.15) is 4.98 Å². The second-order valence-corrected chi connectivity index (χ2v) is 9.69. The van der Waals surface area contributed by atoms with E-state index in [9.17, 15) is 9.90 Å². The number of hydrogen-bond acceptors (Lipinski definition) is 7. The van der Waals surface area contributed by atoms with Gasteiger partial charge >= 0.3 is 0 Å². The number of nitrogens with one attached hydrogen (secondary N) is 1. The number of aliphatic hydroxyl groups excluding tert-OH is 1. The van der Waals surface area contributed by atoms with E-state index in [4.69, 9.17) is 21.1 Å². The van der Waals surface area contributed by atoms with Gasteiger partial charge in [-0.3, -0.25) is 4.79 Å². The number of hydrogen-bond donors (Lipinski definition) is 2. The average Bonchev–Trinajstić information content (AvgIpc) is 3.43. The number of fused-ring (bicyclic) bond motifs is 1. The van der Waals surface area contributed by atoms with Crippen molar-refractivity contribution in [2.24, 2.45) is 11.8 Å². The molecule has 3 aliphatic rings. The Labute approximate surface area is 198 Å². The largest absolute Gasteiger partial charge is 0.495 e. The first-order chi connectivity index (χ1) is 16.0. The predicted octanol–water partition coefficient (Wildman–Crippen LogP) is 3.21. The van der Waals surface area contributed by atoms with E-state index in [1.807, 2.05) is 6.07 Å². The summed E-state index contributed by atoms with van der Waals surface area (Å²) in [6.07, 6.45) is 5.47. The van der Waals surface area contributed by atoms with Gasteiger partial charge in [-0.1, -0.05) is 17.7 Å². The number of nitrogens with zero attached hydrogens (tertiary/aromatic N) is 3. The third-order valence-electron chi connectivity index (χ3n) is 6.87. The molecular formula is C24H29ClN4O4. The monoisotopic (exact) mass is 472 g/mol. The third kappa shape index (κ3) is 5.01. The number of anilines is 1. The zero-order valence-corrected chi connectivity index (χ0v) is 19.4. The van der Waals surface area contributed by atoms with Crippen LogP contribution in [0, 0.1) is 11.8 Å². The first-order valence-corrected chi connectivity index (χ1v) is 11.9. The molecule has 1 amide bonds. The zero-order valence-electron chi connectivity index (χ0n) is 18.7. The van der Waals surface area contributed by atoms with Crippen LogP contribution in [0.15, 0.2) is 24.4 Å². The number of carbonyl (C=O) groups is 1. The number of amides is 1. The lowest BCUT2D eigenvalue weighted by molar-refractivity contribution is 0.0862. The van der Waals surface area contributed by atoms with Gasteiger partial charge in [0.15, 0.2) is 0 Å². The molecule has 2 atom stereocenters. The fourth-order valence-corrected chi connectivity index (χ4v) is 5.05. The van der Waals surface area contributed by atoms with Gasteiger partial charge in [0, 0.05) is 25.3 Å². The van der Waals surface area contributed by atoms with Crippen molar-refractivity contribution in [3.63, 3.8) is 0 Å². The molecule has 2 aliphatic carbocycles. The molecule has 2 unspecified atom stereocenters. The second-order valence-electron chi connectivity index (χ2n) is 9.29. The van der Waals surface area contributed by atoms with Crippen LogP contribution in [-0.2, 0) is 6.61 Å². The van der Waals surface area contributed by atoms with Gasteiger partial charge in [-0.15, -0.1) is 0 Å². The Morgan fingerprint density at radius 2 is 2.00 bits per heavy atom. The van der Waals surface area contributed by atoms with Gasteiger partial charge < -0.3 is 24.8 Å². The maximum absolute atomic E-state index is 13.1. The fourth-order valence-electron chi connectivity index (χ4n) is 4.77. The van der Waals surface area contributed by atoms with Crippen LogP contribution in [0.25, 0.3) is 0 Å². The second kappa shape index (κ2) is 9.35. The molecule has 1 aromatic carbocycles. The van der Waals surface area contributed by atoms with Crippen LogP contribution in [0.1, 0.15) is 48.0 Å². The minimum atomic E-state index is -0.275. The normalized spacial score (nSPS) is 26.0. The zero-order chi connectivity index (χ0) is 22.9. The number of aromatic nitrogens is 2. The quantitative estimate of drug-likeness (QED) is 0.638. The van der Waals surface area contributed by atoms with Crippen molar-refractivity contribution >= 4 is 23.5 Å². The first kappa shape index (κ1) is 22.2. The Morgan fingerprint density at radius 3 is 2.70 bits per heavy atom. The van der Waals surface area contributed by atoms with Crippen LogP contribution < -0.4 is 19.7 Å². The van der Waals surface area contributed by atoms with Crippen molar-refractivity contribution in [3.05, 3.63) is 40.5 Å². The van der Waals surface area contributed by atoms with Crippen molar-refractivity contribution in [1.82, 2.24) is 15.3 Å². The molecule has 2 N–H and O–H groups in total. The summed E-state index contributed by atoms with van der Waals surface area (Å²) in [7, 11) is 1.57. The standard InChI is InChI=1S/C24H29ClN4O4/c1-32-21-7-2-14(8-20(21)25)13-33-23-19(22(31)27-17-3-5-18(30)6-4-17)10-26-24(28-23)29-11-15-9-16(15)12-29/h2,7-8,10,15-18,30H,3-6,9,11-13H2,1H3,(H,27,31). The fraction of sp³-hybridized carbons (Fsp3) is 0.542. The highest BCUT2D eigenvalue weighted by molar-refractivity contribution is 6.32. The number of aliphatic hydroxyl groups is 1. The SMILES string of the molecule is COc1ccc(COc2nc(N3CC4CC4C3)ncc2C(=O)NC2CCC(O)CC2)cc1Cl. The predicted molar refractivity (Wildman–Crippen MR) is 124 cm³/mol. The summed E-state index contributed by atoms with van der Waals surface area (Å²) in [6, 6.07) is 5.46. The molecule has 5 rings (SSSR count). The summed E-state index contributed by atoms with van der Waals surface area (Å²) in [5, 5.41) is 13.3. The van der Waals surface area contributed by atoms with E-state index in [0.29, 0.717) is 35.1 Å². The van der Waals surface area contributed by atoms with E-state index in [1.165, 1.54) is 6.42 Å². The number of methoxy groups -OCH3 is 1. The topological polar surface area (TPSA) is 96.8 Å². The lowest BCUT2D eigenvalue weighted by Gasteiger charge is -2.26. The molecule has 33 heavy (non-hydrogen) atoms. The highest BCUT2D eigenvalue weighted by atomic mass is 35.5. The Bertz CT molecular complexity index is 1020. The molecular weight excluding hydrogens is 444 g/mol. The Hall–Kier alpha value is -2.58. The van der Waals surface area contributed by atoms with Crippen LogP contribution >= 0.6 is 11.6 Å². The number of halogens is 1. The summed E-state index contributed by atoms with van der Waals surface area (Å²) < 4.78 is 11.2. The number of rotatable bonds is 7. The molecule has 3 fully saturated rings. The summed E-state index contributed by atoms with van der Waals surface area (Å²) in [6.45, 7) is 2.11. The van der Waals surface area contributed by atoms with Crippen molar-refractivity contribution in [2.45, 2.75) is 50.9 Å². The van der Waals surface area contributed by atoms with Gasteiger partial charge in [0.25, 0.3) is 5.91 Å². The molecule has 1 aliphatic heterocycles. The lowest BCUT2D eigenvalue weighted by Crippen LogP contribution is -2.39. The minimum absolute atomic E-state index is 0.0273. The highest BCUT2D eigenvalue weighted by Gasteiger charge is 2.46. The van der Waals surface area contributed by atoms with Crippen LogP contribution in [0.4, 0.5) is 5.95 Å². The Morgan fingerprint density at radius 1 is 1.24 bits per heavy atom. The van der Waals surface area contributed by atoms with Crippen molar-refractivity contribution < 1.29 is 19.4 Å². The Balaban J connectivity index is 1.34. The number of piperidine rings is 1. The molecule has 9 heteroatoms. The van der Waals surface area contributed by atoms with E-state index >= 15 is 0 Å². The van der Waals surface area contributed by atoms with Crippen LogP contribution in [-0.4, -0.2) is 53.3 Å². The molecule has 176 valence electrons. The van der Waals surface area contributed by atoms with E-state index in [1.54, 1.807) is 25.4 Å². The molecule has 0 spiro atoms. The molecule has 2 saturated carbocycles. The number of carbonyl (C=O) groups excluding carboxylic acids is 1. The van der Waals surface area contributed by atoms with E-state index in [-0.39, 0.29) is 30.5 Å².